The second kappa shape index (κ2) is 5.87. The first-order valence-electron chi connectivity index (χ1n) is 5.75. The highest BCUT2D eigenvalue weighted by Crippen LogP contribution is 2.21. The number of hydrogen-bond acceptors (Lipinski definition) is 4. The summed E-state index contributed by atoms with van der Waals surface area (Å²) < 4.78 is 5.13. The van der Waals surface area contributed by atoms with Crippen LogP contribution in [0.2, 0.25) is 0 Å². The average Bonchev–Trinajstić information content (AvgIpc) is 2.36. The zero-order valence-electron chi connectivity index (χ0n) is 10.8. The normalized spacial score (nSPS) is 10.4. The zero-order valence-corrected chi connectivity index (χ0v) is 11.6. The van der Waals surface area contributed by atoms with Crippen molar-refractivity contribution in [2.24, 2.45) is 0 Å². The molecule has 0 N–H and O–H groups in total. The van der Waals surface area contributed by atoms with Gasteiger partial charge in [-0.2, -0.15) is 0 Å². The quantitative estimate of drug-likeness (QED) is 0.623. The molecule has 0 saturated carbocycles. The van der Waals surface area contributed by atoms with Crippen LogP contribution in [-0.2, 0) is 5.75 Å². The van der Waals surface area contributed by atoms with E-state index in [9.17, 15) is 0 Å². The summed E-state index contributed by atoms with van der Waals surface area (Å²) in [5.41, 5.74) is 3.27. The number of thioether (sulfide) groups is 1. The van der Waals surface area contributed by atoms with E-state index < -0.39 is 0 Å². The zero-order chi connectivity index (χ0) is 13.0. The summed E-state index contributed by atoms with van der Waals surface area (Å²) in [6.07, 6.45) is 0. The maximum absolute atomic E-state index is 5.13. The first-order valence-corrected chi connectivity index (χ1v) is 6.74. The van der Waals surface area contributed by atoms with Gasteiger partial charge in [0.15, 0.2) is 5.16 Å². The summed E-state index contributed by atoms with van der Waals surface area (Å²) in [5, 5.41) is 0.836. The molecule has 0 unspecified atom stereocenters. The van der Waals surface area contributed by atoms with Crippen LogP contribution in [0.5, 0.6) is 5.75 Å². The molecule has 2 rings (SSSR count). The third-order valence-corrected chi connectivity index (χ3v) is 3.41. The van der Waals surface area contributed by atoms with Crippen LogP contribution in [0.4, 0.5) is 0 Å². The Labute approximate surface area is 112 Å². The van der Waals surface area contributed by atoms with Crippen LogP contribution in [0, 0.1) is 13.8 Å². The van der Waals surface area contributed by atoms with E-state index in [0.29, 0.717) is 0 Å². The van der Waals surface area contributed by atoms with Crippen molar-refractivity contribution in [3.05, 3.63) is 47.3 Å². The Morgan fingerprint density at radius 3 is 2.22 bits per heavy atom. The number of ether oxygens (including phenoxy) is 1. The minimum absolute atomic E-state index is 0.836. The van der Waals surface area contributed by atoms with E-state index >= 15 is 0 Å². The first kappa shape index (κ1) is 12.9. The van der Waals surface area contributed by atoms with E-state index in [1.807, 2.05) is 32.0 Å². The second-order valence-corrected chi connectivity index (χ2v) is 5.01. The highest BCUT2D eigenvalue weighted by molar-refractivity contribution is 7.98. The first-order chi connectivity index (χ1) is 8.67. The van der Waals surface area contributed by atoms with Gasteiger partial charge in [0.05, 0.1) is 7.11 Å². The number of aromatic nitrogens is 2. The molecule has 0 aliphatic heterocycles. The molecule has 1 heterocycles. The third kappa shape index (κ3) is 3.47. The van der Waals surface area contributed by atoms with Crippen molar-refractivity contribution < 1.29 is 4.74 Å². The van der Waals surface area contributed by atoms with Crippen LogP contribution < -0.4 is 4.74 Å². The number of benzene rings is 1. The van der Waals surface area contributed by atoms with E-state index in [1.165, 1.54) is 5.56 Å². The number of nitrogens with zero attached hydrogens (tertiary/aromatic N) is 2. The lowest BCUT2D eigenvalue weighted by Crippen LogP contribution is -1.93. The molecule has 0 aliphatic carbocycles. The molecule has 4 heteroatoms. The Bertz CT molecular complexity index is 506. The molecule has 0 spiro atoms. The summed E-state index contributed by atoms with van der Waals surface area (Å²) in [5.74, 6) is 1.75. The predicted octanol–water partition coefficient (Wildman–Crippen LogP) is 3.39. The van der Waals surface area contributed by atoms with Gasteiger partial charge in [0.25, 0.3) is 0 Å². The largest absolute Gasteiger partial charge is 0.497 e. The summed E-state index contributed by atoms with van der Waals surface area (Å²) in [6.45, 7) is 3.98. The lowest BCUT2D eigenvalue weighted by Gasteiger charge is -2.04. The predicted molar refractivity (Wildman–Crippen MR) is 74.1 cm³/mol. The summed E-state index contributed by atoms with van der Waals surface area (Å²) in [7, 11) is 1.67. The van der Waals surface area contributed by atoms with Crippen LogP contribution in [0.25, 0.3) is 0 Å². The van der Waals surface area contributed by atoms with Gasteiger partial charge in [-0.25, -0.2) is 9.97 Å². The Hall–Kier alpha value is -1.55. The van der Waals surface area contributed by atoms with Crippen molar-refractivity contribution in [1.29, 1.82) is 0 Å². The average molecular weight is 260 g/mol. The maximum atomic E-state index is 5.13. The minimum atomic E-state index is 0.836. The molecule has 0 saturated heterocycles. The molecule has 0 bridgehead atoms. The van der Waals surface area contributed by atoms with Crippen LogP contribution in [-0.4, -0.2) is 17.1 Å². The molecular formula is C14H16N2OS. The van der Waals surface area contributed by atoms with Gasteiger partial charge < -0.3 is 4.74 Å². The fraction of sp³-hybridized carbons (Fsp3) is 0.286. The fourth-order valence-corrected chi connectivity index (χ4v) is 2.53. The smallest absolute Gasteiger partial charge is 0.188 e. The SMILES string of the molecule is COc1ccc(CSc2nc(C)cc(C)n2)cc1. The topological polar surface area (TPSA) is 35.0 Å². The van der Waals surface area contributed by atoms with E-state index in [4.69, 9.17) is 4.74 Å². The highest BCUT2D eigenvalue weighted by atomic mass is 32.2. The van der Waals surface area contributed by atoms with Gasteiger partial charge in [-0.05, 0) is 37.6 Å². The van der Waals surface area contributed by atoms with Crippen molar-refractivity contribution in [1.82, 2.24) is 9.97 Å². The monoisotopic (exact) mass is 260 g/mol. The molecule has 94 valence electrons. The van der Waals surface area contributed by atoms with Crippen molar-refractivity contribution in [2.45, 2.75) is 24.8 Å². The lowest BCUT2D eigenvalue weighted by atomic mass is 10.2. The molecule has 18 heavy (non-hydrogen) atoms. The van der Waals surface area contributed by atoms with Crippen LogP contribution >= 0.6 is 11.8 Å². The number of methoxy groups -OCH3 is 1. The lowest BCUT2D eigenvalue weighted by molar-refractivity contribution is 0.414. The number of aryl methyl sites for hydroxylation is 2. The van der Waals surface area contributed by atoms with Gasteiger partial charge in [-0.15, -0.1) is 0 Å². The fourth-order valence-electron chi connectivity index (χ4n) is 1.63. The van der Waals surface area contributed by atoms with Crippen molar-refractivity contribution in [3.63, 3.8) is 0 Å². The van der Waals surface area contributed by atoms with Gasteiger partial charge in [0.1, 0.15) is 5.75 Å². The number of rotatable bonds is 4. The summed E-state index contributed by atoms with van der Waals surface area (Å²) >= 11 is 1.65. The minimum Gasteiger partial charge on any atom is -0.497 e. The van der Waals surface area contributed by atoms with Gasteiger partial charge in [-0.1, -0.05) is 23.9 Å². The van der Waals surface area contributed by atoms with E-state index in [2.05, 4.69) is 22.1 Å². The maximum Gasteiger partial charge on any atom is 0.188 e. The van der Waals surface area contributed by atoms with Gasteiger partial charge in [0, 0.05) is 17.1 Å². The van der Waals surface area contributed by atoms with Gasteiger partial charge in [0.2, 0.25) is 0 Å². The molecule has 1 aromatic carbocycles. The second-order valence-electron chi connectivity index (χ2n) is 4.07. The van der Waals surface area contributed by atoms with E-state index in [-0.39, 0.29) is 0 Å². The number of hydrogen-bond donors (Lipinski definition) is 0. The third-order valence-electron chi connectivity index (χ3n) is 2.49. The van der Waals surface area contributed by atoms with E-state index in [1.54, 1.807) is 18.9 Å². The van der Waals surface area contributed by atoms with Crippen molar-refractivity contribution in [2.75, 3.05) is 7.11 Å². The Morgan fingerprint density at radius 2 is 1.67 bits per heavy atom. The van der Waals surface area contributed by atoms with Crippen molar-refractivity contribution in [3.8, 4) is 5.75 Å². The molecule has 0 radical (unpaired) electrons. The van der Waals surface area contributed by atoms with Crippen LogP contribution in [0.1, 0.15) is 17.0 Å². The van der Waals surface area contributed by atoms with Crippen LogP contribution in [0.15, 0.2) is 35.5 Å². The highest BCUT2D eigenvalue weighted by Gasteiger charge is 2.01. The molecule has 0 amide bonds. The molecule has 0 aliphatic rings. The van der Waals surface area contributed by atoms with Crippen molar-refractivity contribution >= 4 is 11.8 Å². The molecule has 3 nitrogen and oxygen atoms in total. The molecule has 0 atom stereocenters. The molecule has 2 aromatic rings. The molecular weight excluding hydrogens is 244 g/mol. The summed E-state index contributed by atoms with van der Waals surface area (Å²) in [6, 6.07) is 10.1. The molecule has 1 aromatic heterocycles. The standard InChI is InChI=1S/C14H16N2OS/c1-10-8-11(2)16-14(15-10)18-9-12-4-6-13(17-3)7-5-12/h4-8H,9H2,1-3H3. The Balaban J connectivity index is 2.01. The van der Waals surface area contributed by atoms with Gasteiger partial charge in [-0.3, -0.25) is 0 Å². The Kier molecular flexibility index (Phi) is 4.20. The van der Waals surface area contributed by atoms with Crippen LogP contribution in [0.3, 0.4) is 0 Å². The molecule has 0 fully saturated rings. The van der Waals surface area contributed by atoms with Gasteiger partial charge >= 0.3 is 0 Å². The Morgan fingerprint density at radius 1 is 1.06 bits per heavy atom. The summed E-state index contributed by atoms with van der Waals surface area (Å²) in [4.78, 5) is 8.82. The van der Waals surface area contributed by atoms with E-state index in [0.717, 1.165) is 28.0 Å².